The van der Waals surface area contributed by atoms with Crippen molar-refractivity contribution in [2.75, 3.05) is 19.7 Å². The zero-order chi connectivity index (χ0) is 19.8. The van der Waals surface area contributed by atoms with Crippen LogP contribution in [0, 0.1) is 0 Å². The lowest BCUT2D eigenvalue weighted by Crippen LogP contribution is -2.46. The second kappa shape index (κ2) is 7.14. The molecule has 3 aliphatic heterocycles. The third-order valence-corrected chi connectivity index (χ3v) is 5.62. The second-order valence-corrected chi connectivity index (χ2v) is 7.51. The first-order valence-electron chi connectivity index (χ1n) is 9.59. The van der Waals surface area contributed by atoms with Crippen LogP contribution >= 0.6 is 0 Å². The molecule has 150 valence electrons. The highest BCUT2D eigenvalue weighted by molar-refractivity contribution is 5.95. The van der Waals surface area contributed by atoms with Crippen LogP contribution in [0.2, 0.25) is 0 Å². The van der Waals surface area contributed by atoms with Crippen LogP contribution in [0.15, 0.2) is 29.3 Å². The number of halogens is 2. The number of hydrogen-bond donors (Lipinski definition) is 0. The highest BCUT2D eigenvalue weighted by Crippen LogP contribution is 2.44. The van der Waals surface area contributed by atoms with E-state index in [2.05, 4.69) is 4.99 Å². The zero-order valence-electron chi connectivity index (χ0n) is 15.5. The molecule has 0 atom stereocenters. The minimum atomic E-state index is -2.84. The molecule has 1 amide bonds. The van der Waals surface area contributed by atoms with Crippen LogP contribution < -0.4 is 0 Å². The largest absolute Gasteiger partial charge is 0.465 e. The van der Waals surface area contributed by atoms with Gasteiger partial charge in [0.15, 0.2) is 0 Å². The summed E-state index contributed by atoms with van der Waals surface area (Å²) in [6.07, 6.45) is 0.390. The average Bonchev–Trinajstić information content (AvgIpc) is 2.93. The van der Waals surface area contributed by atoms with Crippen LogP contribution in [0.5, 0.6) is 0 Å². The van der Waals surface area contributed by atoms with Crippen molar-refractivity contribution in [1.82, 2.24) is 4.90 Å². The third kappa shape index (κ3) is 3.59. The van der Waals surface area contributed by atoms with Crippen LogP contribution in [0.25, 0.3) is 0 Å². The number of carbonyl (C=O) groups is 2. The van der Waals surface area contributed by atoms with E-state index in [1.807, 2.05) is 12.1 Å². The Bertz CT molecular complexity index is 816. The van der Waals surface area contributed by atoms with Gasteiger partial charge in [-0.3, -0.25) is 4.79 Å². The van der Waals surface area contributed by atoms with E-state index in [0.717, 1.165) is 5.56 Å². The van der Waals surface area contributed by atoms with E-state index in [-0.39, 0.29) is 37.9 Å². The number of aliphatic imine (C=N–C) groups is 1. The van der Waals surface area contributed by atoms with Gasteiger partial charge in [-0.1, -0.05) is 18.2 Å². The van der Waals surface area contributed by atoms with Crippen molar-refractivity contribution in [3.63, 3.8) is 0 Å². The number of alkyl halides is 2. The fraction of sp³-hybridized carbons (Fsp3) is 0.550. The molecular weight excluding hydrogens is 370 g/mol. The molecule has 0 aliphatic carbocycles. The van der Waals surface area contributed by atoms with Crippen molar-refractivity contribution in [3.8, 4) is 0 Å². The van der Waals surface area contributed by atoms with Crippen LogP contribution in [0.1, 0.15) is 54.4 Å². The van der Waals surface area contributed by atoms with Gasteiger partial charge in [0.2, 0.25) is 5.91 Å². The standard InChI is InChI=1S/C20H22F2N2O4/c21-20(22)7-3-6-16(25)23-18(27-13-10-20)24-11-8-19(9-12-24)15-5-2-1-4-14(15)17(26)28-19/h1-2,4-5H,3,6-13H2. The van der Waals surface area contributed by atoms with Gasteiger partial charge in [-0.05, 0) is 12.5 Å². The number of piperidine rings is 1. The Labute approximate surface area is 161 Å². The fourth-order valence-electron chi connectivity index (χ4n) is 4.05. The Kier molecular flexibility index (Phi) is 4.81. The van der Waals surface area contributed by atoms with Gasteiger partial charge in [0.1, 0.15) is 5.60 Å². The van der Waals surface area contributed by atoms with Crippen molar-refractivity contribution < 1.29 is 27.8 Å². The first-order chi connectivity index (χ1) is 13.4. The van der Waals surface area contributed by atoms with Gasteiger partial charge in [0, 0.05) is 50.8 Å². The number of hydrogen-bond acceptors (Lipinski definition) is 5. The number of nitrogens with zero attached hydrogens (tertiary/aromatic N) is 2. The Hall–Kier alpha value is -2.51. The van der Waals surface area contributed by atoms with E-state index in [1.54, 1.807) is 17.0 Å². The van der Waals surface area contributed by atoms with E-state index < -0.39 is 23.9 Å². The molecule has 1 fully saturated rings. The van der Waals surface area contributed by atoms with Gasteiger partial charge in [0.05, 0.1) is 12.2 Å². The van der Waals surface area contributed by atoms with Crippen LogP contribution in [-0.2, 0) is 19.9 Å². The summed E-state index contributed by atoms with van der Waals surface area (Å²) in [5.41, 5.74) is 0.780. The van der Waals surface area contributed by atoms with E-state index in [1.165, 1.54) is 0 Å². The molecule has 0 radical (unpaired) electrons. The number of fused-ring (bicyclic) bond motifs is 2. The molecule has 4 rings (SSSR count). The van der Waals surface area contributed by atoms with Crippen molar-refractivity contribution >= 4 is 17.9 Å². The monoisotopic (exact) mass is 392 g/mol. The molecular formula is C20H22F2N2O4. The van der Waals surface area contributed by atoms with Gasteiger partial charge in [-0.15, -0.1) is 0 Å². The van der Waals surface area contributed by atoms with Crippen molar-refractivity contribution in [2.24, 2.45) is 4.99 Å². The van der Waals surface area contributed by atoms with Gasteiger partial charge in [0.25, 0.3) is 11.9 Å². The topological polar surface area (TPSA) is 68.2 Å². The number of amides is 1. The minimum Gasteiger partial charge on any atom is -0.465 e. The smallest absolute Gasteiger partial charge is 0.339 e. The lowest BCUT2D eigenvalue weighted by molar-refractivity contribution is -0.118. The average molecular weight is 392 g/mol. The lowest BCUT2D eigenvalue weighted by Gasteiger charge is -2.39. The molecule has 6 nitrogen and oxygen atoms in total. The normalized spacial score (nSPS) is 24.2. The summed E-state index contributed by atoms with van der Waals surface area (Å²) in [7, 11) is 0. The van der Waals surface area contributed by atoms with E-state index >= 15 is 0 Å². The highest BCUT2D eigenvalue weighted by atomic mass is 19.3. The number of rotatable bonds is 0. The predicted octanol–water partition coefficient (Wildman–Crippen LogP) is 3.26. The summed E-state index contributed by atoms with van der Waals surface area (Å²) in [5, 5.41) is 0. The minimum absolute atomic E-state index is 0.0226. The van der Waals surface area contributed by atoms with Crippen LogP contribution in [0.4, 0.5) is 8.78 Å². The molecule has 0 aromatic heterocycles. The highest BCUT2D eigenvalue weighted by Gasteiger charge is 2.47. The molecule has 0 bridgehead atoms. The van der Waals surface area contributed by atoms with E-state index in [9.17, 15) is 18.4 Å². The summed E-state index contributed by atoms with van der Waals surface area (Å²) in [4.78, 5) is 30.0. The molecule has 3 heterocycles. The number of ether oxygens (including phenoxy) is 2. The second-order valence-electron chi connectivity index (χ2n) is 7.51. The first-order valence-corrected chi connectivity index (χ1v) is 9.59. The predicted molar refractivity (Wildman–Crippen MR) is 96.2 cm³/mol. The van der Waals surface area contributed by atoms with E-state index in [0.29, 0.717) is 31.5 Å². The molecule has 28 heavy (non-hydrogen) atoms. The quantitative estimate of drug-likeness (QED) is 0.634. The van der Waals surface area contributed by atoms with Gasteiger partial charge in [-0.25, -0.2) is 13.6 Å². The summed E-state index contributed by atoms with van der Waals surface area (Å²) in [6, 6.07) is 7.43. The number of amidine groups is 1. The molecule has 1 aromatic rings. The molecule has 0 saturated carbocycles. The van der Waals surface area contributed by atoms with Crippen molar-refractivity contribution in [2.45, 2.75) is 50.0 Å². The molecule has 1 spiro atoms. The summed E-state index contributed by atoms with van der Waals surface area (Å²) < 4.78 is 38.7. The molecule has 1 saturated heterocycles. The van der Waals surface area contributed by atoms with Crippen LogP contribution in [0.3, 0.4) is 0 Å². The number of carbonyl (C=O) groups excluding carboxylic acids is 2. The van der Waals surface area contributed by atoms with Crippen molar-refractivity contribution in [3.05, 3.63) is 35.4 Å². The Morgan fingerprint density at radius 1 is 1.04 bits per heavy atom. The summed E-state index contributed by atoms with van der Waals surface area (Å²) in [6.45, 7) is 0.701. The summed E-state index contributed by atoms with van der Waals surface area (Å²) >= 11 is 0. The fourth-order valence-corrected chi connectivity index (χ4v) is 4.05. The molecule has 8 heteroatoms. The Morgan fingerprint density at radius 3 is 2.57 bits per heavy atom. The zero-order valence-corrected chi connectivity index (χ0v) is 15.5. The van der Waals surface area contributed by atoms with Gasteiger partial charge in [-0.2, -0.15) is 4.99 Å². The number of likely N-dealkylation sites (tertiary alicyclic amines) is 1. The van der Waals surface area contributed by atoms with Crippen LogP contribution in [-0.4, -0.2) is 48.4 Å². The molecule has 0 unspecified atom stereocenters. The van der Waals surface area contributed by atoms with Gasteiger partial charge >= 0.3 is 5.97 Å². The third-order valence-electron chi connectivity index (χ3n) is 5.62. The molecule has 3 aliphatic rings. The summed E-state index contributed by atoms with van der Waals surface area (Å²) in [5.74, 6) is -3.62. The lowest BCUT2D eigenvalue weighted by atomic mass is 9.84. The maximum absolute atomic E-state index is 13.7. The van der Waals surface area contributed by atoms with Crippen molar-refractivity contribution in [1.29, 1.82) is 0 Å². The Morgan fingerprint density at radius 2 is 1.79 bits per heavy atom. The SMILES string of the molecule is O=C1CCCC(F)(F)CCOC(N2CCC3(CC2)OC(=O)c2ccccc23)=N1. The molecule has 0 N–H and O–H groups in total. The molecule has 1 aromatic carbocycles. The number of esters is 1. The Balaban J connectivity index is 1.48. The van der Waals surface area contributed by atoms with Gasteiger partial charge < -0.3 is 14.4 Å². The first kappa shape index (κ1) is 18.8. The van der Waals surface area contributed by atoms with E-state index in [4.69, 9.17) is 9.47 Å². The number of benzene rings is 1. The maximum atomic E-state index is 13.7. The maximum Gasteiger partial charge on any atom is 0.339 e.